The lowest BCUT2D eigenvalue weighted by Crippen LogP contribution is -2.64. The summed E-state index contributed by atoms with van der Waals surface area (Å²) in [7, 11) is 0. The normalized spacial score (nSPS) is 13.4. The molecule has 0 aliphatic heterocycles. The maximum absolute atomic E-state index is 11.9. The van der Waals surface area contributed by atoms with Gasteiger partial charge in [0.1, 0.15) is 12.6 Å². The zero-order chi connectivity index (χ0) is 24.4. The number of hydrogen-bond acceptors (Lipinski definition) is 8. The fraction of sp³-hybridized carbons (Fsp3) is 0.625. The summed E-state index contributed by atoms with van der Waals surface area (Å²) in [5.41, 5.74) is 0. The molecule has 0 aromatic rings. The fourth-order valence-electron chi connectivity index (χ4n) is 3.36. The van der Waals surface area contributed by atoms with Crippen LogP contribution in [0, 0.1) is 0 Å². The molecule has 0 aromatic heterocycles. The molecule has 176 valence electrons. The highest BCUT2D eigenvalue weighted by Gasteiger charge is 2.46. The van der Waals surface area contributed by atoms with E-state index in [2.05, 4.69) is 0 Å². The van der Waals surface area contributed by atoms with Crippen LogP contribution >= 0.6 is 0 Å². The summed E-state index contributed by atoms with van der Waals surface area (Å²) in [5, 5.41) is 64.4. The van der Waals surface area contributed by atoms with Crippen LogP contribution in [-0.4, -0.2) is 132 Å². The third-order valence-electron chi connectivity index (χ3n) is 4.51. The molecule has 0 radical (unpaired) electrons. The van der Waals surface area contributed by atoms with Gasteiger partial charge in [-0.1, -0.05) is 0 Å². The number of carboxylic acid groups (broad SMARTS) is 6. The quantitative estimate of drug-likeness (QED) is 0.109. The van der Waals surface area contributed by atoms with Gasteiger partial charge in [0.25, 0.3) is 0 Å². The number of aliphatic carboxylic acids is 6. The van der Waals surface area contributed by atoms with Gasteiger partial charge in [-0.05, 0) is 6.42 Å². The number of aliphatic hydroxyl groups is 1. The van der Waals surface area contributed by atoms with Crippen LogP contribution in [0.4, 0.5) is 0 Å². The Labute approximate surface area is 174 Å². The largest absolute Gasteiger partial charge is 0.480 e. The fourth-order valence-corrected chi connectivity index (χ4v) is 3.36. The number of rotatable bonds is 17. The number of carbonyl (C=O) groups is 6. The minimum Gasteiger partial charge on any atom is -0.480 e. The molecule has 0 saturated heterocycles. The summed E-state index contributed by atoms with van der Waals surface area (Å²) in [6, 6.07) is -3.56. The molecule has 0 heterocycles. The van der Waals surface area contributed by atoms with Crippen molar-refractivity contribution in [3.63, 3.8) is 0 Å². The summed E-state index contributed by atoms with van der Waals surface area (Å²) in [6.07, 6.45) is -1.26. The molecule has 0 saturated carbocycles. The highest BCUT2D eigenvalue weighted by molar-refractivity contribution is 5.78. The van der Waals surface area contributed by atoms with E-state index in [1.807, 2.05) is 0 Å². The topological polar surface area (TPSA) is 247 Å². The van der Waals surface area contributed by atoms with Crippen molar-refractivity contribution in [2.24, 2.45) is 0 Å². The Morgan fingerprint density at radius 3 is 1.42 bits per heavy atom. The molecule has 0 rings (SSSR count). The summed E-state index contributed by atoms with van der Waals surface area (Å²) in [5.74, 6) is -9.51. The maximum atomic E-state index is 11.9. The van der Waals surface area contributed by atoms with Crippen LogP contribution in [0.3, 0.4) is 0 Å². The SMILES string of the molecule is O=C(O)CN(CC(=O)O)C(CCC(C(=O)O)[N+](CCO)(CC(=O)O)CC(=O)O)C(=O)O. The number of carboxylic acids is 6. The van der Waals surface area contributed by atoms with Crippen molar-refractivity contribution >= 4 is 35.8 Å². The Hall–Kier alpha value is -3.30. The van der Waals surface area contributed by atoms with Crippen LogP contribution in [0.15, 0.2) is 0 Å². The highest BCUT2D eigenvalue weighted by Crippen LogP contribution is 2.22. The predicted octanol–water partition coefficient (Wildman–Crippen LogP) is -2.88. The first kappa shape index (κ1) is 27.7. The highest BCUT2D eigenvalue weighted by atomic mass is 16.4. The van der Waals surface area contributed by atoms with E-state index >= 15 is 0 Å². The minimum atomic E-state index is -1.79. The molecule has 0 aliphatic rings. The molecule has 2 atom stereocenters. The predicted molar refractivity (Wildman–Crippen MR) is 96.1 cm³/mol. The van der Waals surface area contributed by atoms with Crippen LogP contribution in [0.5, 0.6) is 0 Å². The van der Waals surface area contributed by atoms with Crippen molar-refractivity contribution in [2.45, 2.75) is 24.9 Å². The third kappa shape index (κ3) is 9.37. The summed E-state index contributed by atoms with van der Waals surface area (Å²) in [4.78, 5) is 68.5. The Morgan fingerprint density at radius 2 is 1.13 bits per heavy atom. The lowest BCUT2D eigenvalue weighted by Gasteiger charge is -2.40. The molecule has 7 N–H and O–H groups in total. The zero-order valence-corrected chi connectivity index (χ0v) is 16.3. The summed E-state index contributed by atoms with van der Waals surface area (Å²) >= 11 is 0. The average molecular weight is 453 g/mol. The average Bonchev–Trinajstić information content (AvgIpc) is 2.55. The van der Waals surface area contributed by atoms with Crippen molar-refractivity contribution in [1.82, 2.24) is 4.90 Å². The number of nitrogens with zero attached hydrogens (tertiary/aromatic N) is 2. The van der Waals surface area contributed by atoms with Crippen LogP contribution in [0.2, 0.25) is 0 Å². The lowest BCUT2D eigenvalue weighted by atomic mass is 10.0. The molecular formula is C16H25N2O13+. The second kappa shape index (κ2) is 12.4. The van der Waals surface area contributed by atoms with Gasteiger partial charge in [-0.3, -0.25) is 23.8 Å². The van der Waals surface area contributed by atoms with Crippen molar-refractivity contribution in [3.8, 4) is 0 Å². The molecule has 0 bridgehead atoms. The van der Waals surface area contributed by atoms with E-state index in [-0.39, 0.29) is 0 Å². The first-order valence-corrected chi connectivity index (χ1v) is 8.79. The Balaban J connectivity index is 6.04. The molecular weight excluding hydrogens is 428 g/mol. The summed E-state index contributed by atoms with van der Waals surface area (Å²) in [6.45, 7) is -5.33. The minimum absolute atomic E-state index is 0.570. The third-order valence-corrected chi connectivity index (χ3v) is 4.51. The van der Waals surface area contributed by atoms with Crippen molar-refractivity contribution in [2.75, 3.05) is 39.3 Å². The van der Waals surface area contributed by atoms with Crippen molar-refractivity contribution < 1.29 is 69.0 Å². The molecule has 0 aromatic carbocycles. The van der Waals surface area contributed by atoms with Gasteiger partial charge in [0.2, 0.25) is 0 Å². The summed E-state index contributed by atoms with van der Waals surface area (Å²) < 4.78 is -1.14. The number of aliphatic hydroxyl groups excluding tert-OH is 1. The molecule has 31 heavy (non-hydrogen) atoms. The standard InChI is InChI=1S/C16H24N2O13/c19-4-3-18(7-13(24)25,8-14(26)27)10(16(30)31)2-1-9(15(28)29)17(5-11(20)21)6-12(22)23/h9-10,19H,1-8H2,(H5-,20,21,22,23,24,25,26,27,28,29,30,31)/p+1. The van der Waals surface area contributed by atoms with Crippen LogP contribution < -0.4 is 0 Å². The number of hydrogen-bond donors (Lipinski definition) is 7. The van der Waals surface area contributed by atoms with Gasteiger partial charge >= 0.3 is 35.8 Å². The van der Waals surface area contributed by atoms with Gasteiger partial charge in [0.05, 0.1) is 19.7 Å². The van der Waals surface area contributed by atoms with Crippen LogP contribution in [0.1, 0.15) is 12.8 Å². The van der Waals surface area contributed by atoms with Crippen LogP contribution in [-0.2, 0) is 28.8 Å². The van der Waals surface area contributed by atoms with E-state index in [4.69, 9.17) is 20.4 Å². The molecule has 0 fully saturated rings. The van der Waals surface area contributed by atoms with Gasteiger partial charge in [-0.2, -0.15) is 0 Å². The second-order valence-corrected chi connectivity index (χ2v) is 6.75. The smallest absolute Gasteiger partial charge is 0.362 e. The molecule has 0 aliphatic carbocycles. The van der Waals surface area contributed by atoms with E-state index < -0.39 is 105 Å². The Kier molecular flexibility index (Phi) is 11.1. The van der Waals surface area contributed by atoms with E-state index in [9.17, 15) is 44.1 Å². The number of quaternary nitrogens is 1. The zero-order valence-electron chi connectivity index (χ0n) is 16.3. The van der Waals surface area contributed by atoms with Gasteiger partial charge < -0.3 is 35.7 Å². The first-order chi connectivity index (χ1) is 14.3. The molecule has 2 unspecified atom stereocenters. The van der Waals surface area contributed by atoms with E-state index in [0.717, 1.165) is 0 Å². The molecule has 15 heteroatoms. The van der Waals surface area contributed by atoms with E-state index in [1.165, 1.54) is 0 Å². The molecule has 0 amide bonds. The van der Waals surface area contributed by atoms with E-state index in [0.29, 0.717) is 4.90 Å². The monoisotopic (exact) mass is 453 g/mol. The Bertz CT molecular complexity index is 676. The molecule has 15 nitrogen and oxygen atoms in total. The van der Waals surface area contributed by atoms with Gasteiger partial charge in [0.15, 0.2) is 19.1 Å². The second-order valence-electron chi connectivity index (χ2n) is 6.75. The van der Waals surface area contributed by atoms with Gasteiger partial charge in [-0.15, -0.1) is 0 Å². The van der Waals surface area contributed by atoms with Gasteiger partial charge in [-0.25, -0.2) is 14.4 Å². The lowest BCUT2D eigenvalue weighted by molar-refractivity contribution is -0.930. The maximum Gasteiger partial charge on any atom is 0.362 e. The van der Waals surface area contributed by atoms with E-state index in [1.54, 1.807) is 0 Å². The van der Waals surface area contributed by atoms with Crippen LogP contribution in [0.25, 0.3) is 0 Å². The van der Waals surface area contributed by atoms with Crippen molar-refractivity contribution in [1.29, 1.82) is 0 Å². The van der Waals surface area contributed by atoms with Crippen molar-refractivity contribution in [3.05, 3.63) is 0 Å². The van der Waals surface area contributed by atoms with Gasteiger partial charge in [0, 0.05) is 6.42 Å². The first-order valence-electron chi connectivity index (χ1n) is 8.79. The molecule has 0 spiro atoms. The Morgan fingerprint density at radius 1 is 0.677 bits per heavy atom.